The van der Waals surface area contributed by atoms with Crippen molar-refractivity contribution >= 4 is 11.9 Å². The largest absolute Gasteiger partial charge is 0.464 e. The fourth-order valence-electron chi connectivity index (χ4n) is 1.14. The first-order valence-electron chi connectivity index (χ1n) is 5.30. The summed E-state index contributed by atoms with van der Waals surface area (Å²) < 4.78 is 30.9. The Morgan fingerprint density at radius 2 is 1.95 bits per heavy atom. The van der Waals surface area contributed by atoms with Gasteiger partial charge in [0.25, 0.3) is 0 Å². The van der Waals surface area contributed by atoms with Gasteiger partial charge in [-0.3, -0.25) is 0 Å². The smallest absolute Gasteiger partial charge is 0.362 e. The lowest BCUT2D eigenvalue weighted by Gasteiger charge is -2.12. The number of hydroxylamine groups is 1. The number of nitrogens with two attached hydrogens (primary N) is 1. The van der Waals surface area contributed by atoms with E-state index in [4.69, 9.17) is 5.73 Å². The first-order valence-corrected chi connectivity index (χ1v) is 5.30. The van der Waals surface area contributed by atoms with Crippen molar-refractivity contribution in [3.63, 3.8) is 0 Å². The van der Waals surface area contributed by atoms with Crippen LogP contribution < -0.4 is 11.2 Å². The molecule has 0 spiro atoms. The number of hydrogen-bond donors (Lipinski definition) is 2. The van der Waals surface area contributed by atoms with Gasteiger partial charge < -0.3 is 15.3 Å². The summed E-state index contributed by atoms with van der Waals surface area (Å²) >= 11 is 0. The standard InChI is InChI=1S/C11H12F2N2O4/c1-2-18-11(17)9(14)15-19-10(16)8-6(12)4-3-5-7(8)13/h3-5,9,15H,2,14H2,1H3. The molecule has 0 heterocycles. The van der Waals surface area contributed by atoms with E-state index in [9.17, 15) is 18.4 Å². The van der Waals surface area contributed by atoms with E-state index < -0.39 is 35.3 Å². The zero-order chi connectivity index (χ0) is 14.4. The number of esters is 1. The molecule has 1 aromatic rings. The van der Waals surface area contributed by atoms with Crippen LogP contribution in [-0.4, -0.2) is 24.7 Å². The summed E-state index contributed by atoms with van der Waals surface area (Å²) in [5.74, 6) is -4.38. The number of carbonyl (C=O) groups is 2. The average molecular weight is 274 g/mol. The minimum absolute atomic E-state index is 0.0874. The van der Waals surface area contributed by atoms with E-state index in [1.54, 1.807) is 6.92 Å². The number of benzene rings is 1. The zero-order valence-corrected chi connectivity index (χ0v) is 9.98. The van der Waals surface area contributed by atoms with Crippen molar-refractivity contribution in [2.24, 2.45) is 5.73 Å². The molecule has 0 bridgehead atoms. The Labute approximate surface area is 107 Å². The lowest BCUT2D eigenvalue weighted by atomic mass is 10.2. The van der Waals surface area contributed by atoms with Gasteiger partial charge in [-0.05, 0) is 19.1 Å². The molecule has 0 aliphatic carbocycles. The Morgan fingerprint density at radius 3 is 2.47 bits per heavy atom. The third-order valence-electron chi connectivity index (χ3n) is 1.99. The van der Waals surface area contributed by atoms with Crippen LogP contribution in [0.2, 0.25) is 0 Å². The van der Waals surface area contributed by atoms with Crippen molar-refractivity contribution in [2.45, 2.75) is 13.1 Å². The molecule has 0 fully saturated rings. The molecule has 0 radical (unpaired) electrons. The molecule has 0 saturated heterocycles. The molecule has 6 nitrogen and oxygen atoms in total. The van der Waals surface area contributed by atoms with Crippen LogP contribution in [0.15, 0.2) is 18.2 Å². The molecule has 0 saturated carbocycles. The molecule has 0 aliphatic rings. The van der Waals surface area contributed by atoms with Crippen molar-refractivity contribution in [1.29, 1.82) is 0 Å². The van der Waals surface area contributed by atoms with Gasteiger partial charge in [-0.25, -0.2) is 18.4 Å². The second-order valence-electron chi connectivity index (χ2n) is 3.33. The summed E-state index contributed by atoms with van der Waals surface area (Å²) in [7, 11) is 0. The molecule has 1 aromatic carbocycles. The minimum atomic E-state index is -1.45. The number of ether oxygens (including phenoxy) is 1. The van der Waals surface area contributed by atoms with E-state index in [0.29, 0.717) is 0 Å². The fraction of sp³-hybridized carbons (Fsp3) is 0.273. The highest BCUT2D eigenvalue weighted by atomic mass is 19.1. The molecule has 1 atom stereocenters. The van der Waals surface area contributed by atoms with Crippen LogP contribution in [0.5, 0.6) is 0 Å². The van der Waals surface area contributed by atoms with Gasteiger partial charge in [0.1, 0.15) is 17.2 Å². The van der Waals surface area contributed by atoms with E-state index in [0.717, 1.165) is 18.2 Å². The summed E-state index contributed by atoms with van der Waals surface area (Å²) in [5.41, 5.74) is 6.21. The maximum Gasteiger partial charge on any atom is 0.362 e. The summed E-state index contributed by atoms with van der Waals surface area (Å²) in [6, 6.07) is 2.88. The van der Waals surface area contributed by atoms with Gasteiger partial charge in [0.2, 0.25) is 0 Å². The Kier molecular flexibility index (Phi) is 5.34. The molecule has 0 amide bonds. The number of carbonyl (C=O) groups excluding carboxylic acids is 2. The summed E-state index contributed by atoms with van der Waals surface area (Å²) in [5, 5.41) is 0. The molecule has 1 unspecified atom stereocenters. The molecule has 0 aliphatic heterocycles. The molecule has 1 rings (SSSR count). The van der Waals surface area contributed by atoms with E-state index in [1.807, 2.05) is 5.48 Å². The number of rotatable bonds is 5. The zero-order valence-electron chi connectivity index (χ0n) is 9.98. The van der Waals surface area contributed by atoms with Crippen LogP contribution in [0, 0.1) is 11.6 Å². The van der Waals surface area contributed by atoms with Crippen molar-refractivity contribution in [3.05, 3.63) is 35.4 Å². The van der Waals surface area contributed by atoms with Gasteiger partial charge >= 0.3 is 11.9 Å². The monoisotopic (exact) mass is 274 g/mol. The first kappa shape index (κ1) is 15.0. The topological polar surface area (TPSA) is 90.7 Å². The van der Waals surface area contributed by atoms with Crippen LogP contribution in [0.4, 0.5) is 8.78 Å². The Morgan fingerprint density at radius 1 is 1.37 bits per heavy atom. The second kappa shape index (κ2) is 6.76. The first-order chi connectivity index (χ1) is 8.97. The van der Waals surface area contributed by atoms with Crippen LogP contribution >= 0.6 is 0 Å². The van der Waals surface area contributed by atoms with E-state index in [2.05, 4.69) is 9.57 Å². The van der Waals surface area contributed by atoms with Crippen molar-refractivity contribution < 1.29 is 27.9 Å². The minimum Gasteiger partial charge on any atom is -0.464 e. The predicted octanol–water partition coefficient (Wildman–Crippen LogP) is 0.474. The molecule has 104 valence electrons. The third-order valence-corrected chi connectivity index (χ3v) is 1.99. The van der Waals surface area contributed by atoms with Gasteiger partial charge in [-0.2, -0.15) is 0 Å². The second-order valence-corrected chi connectivity index (χ2v) is 3.33. The SMILES string of the molecule is CCOC(=O)C(N)NOC(=O)c1c(F)cccc1F. The molecule has 19 heavy (non-hydrogen) atoms. The van der Waals surface area contributed by atoms with Gasteiger partial charge in [0.15, 0.2) is 6.17 Å². The normalized spacial score (nSPS) is 11.8. The van der Waals surface area contributed by atoms with Crippen LogP contribution in [0.3, 0.4) is 0 Å². The number of hydrogen-bond acceptors (Lipinski definition) is 6. The summed E-state index contributed by atoms with van der Waals surface area (Å²) in [6.45, 7) is 1.65. The van der Waals surface area contributed by atoms with Crippen LogP contribution in [-0.2, 0) is 14.4 Å². The van der Waals surface area contributed by atoms with Gasteiger partial charge in [-0.15, -0.1) is 5.48 Å². The lowest BCUT2D eigenvalue weighted by Crippen LogP contribution is -2.46. The molecule has 3 N–H and O–H groups in total. The van der Waals surface area contributed by atoms with Crippen molar-refractivity contribution in [2.75, 3.05) is 6.61 Å². The van der Waals surface area contributed by atoms with E-state index in [-0.39, 0.29) is 6.61 Å². The lowest BCUT2D eigenvalue weighted by molar-refractivity contribution is -0.148. The van der Waals surface area contributed by atoms with Gasteiger partial charge in [0, 0.05) is 0 Å². The number of halogens is 2. The predicted molar refractivity (Wildman–Crippen MR) is 59.5 cm³/mol. The fourth-order valence-corrected chi connectivity index (χ4v) is 1.14. The third kappa shape index (κ3) is 3.97. The average Bonchev–Trinajstić information content (AvgIpc) is 2.36. The highest BCUT2D eigenvalue weighted by Crippen LogP contribution is 2.12. The quantitative estimate of drug-likeness (QED) is 0.461. The molecule has 0 aromatic heterocycles. The Bertz CT molecular complexity index is 462. The van der Waals surface area contributed by atoms with E-state index in [1.165, 1.54) is 0 Å². The highest BCUT2D eigenvalue weighted by molar-refractivity contribution is 5.90. The van der Waals surface area contributed by atoms with Gasteiger partial charge in [0.05, 0.1) is 6.61 Å². The van der Waals surface area contributed by atoms with Gasteiger partial charge in [-0.1, -0.05) is 6.07 Å². The Balaban J connectivity index is 2.63. The Hall–Kier alpha value is -2.06. The van der Waals surface area contributed by atoms with Crippen LogP contribution in [0.25, 0.3) is 0 Å². The molecular formula is C11H12F2N2O4. The number of nitrogens with one attached hydrogen (secondary N) is 1. The highest BCUT2D eigenvalue weighted by Gasteiger charge is 2.21. The van der Waals surface area contributed by atoms with E-state index >= 15 is 0 Å². The maximum atomic E-state index is 13.2. The summed E-state index contributed by atoms with van der Waals surface area (Å²) in [4.78, 5) is 26.8. The van der Waals surface area contributed by atoms with Crippen molar-refractivity contribution in [3.8, 4) is 0 Å². The van der Waals surface area contributed by atoms with Crippen LogP contribution in [0.1, 0.15) is 17.3 Å². The summed E-state index contributed by atoms with van der Waals surface area (Å²) in [6.07, 6.45) is -1.45. The van der Waals surface area contributed by atoms with Crippen molar-refractivity contribution in [1.82, 2.24) is 5.48 Å². The molecular weight excluding hydrogens is 262 g/mol. The molecule has 8 heteroatoms. The maximum absolute atomic E-state index is 13.2.